The zero-order chi connectivity index (χ0) is 21.8. The highest BCUT2D eigenvalue weighted by Crippen LogP contribution is 2.29. The Labute approximate surface area is 194 Å². The van der Waals surface area contributed by atoms with Crippen molar-refractivity contribution in [2.24, 2.45) is 0 Å². The zero-order valence-electron chi connectivity index (χ0n) is 16.5. The van der Waals surface area contributed by atoms with Gasteiger partial charge in [0.15, 0.2) is 11.0 Å². The van der Waals surface area contributed by atoms with Crippen LogP contribution in [0.25, 0.3) is 17.1 Å². The molecule has 0 saturated heterocycles. The fraction of sp³-hybridized carbons (Fsp3) is 0.0870. The van der Waals surface area contributed by atoms with Gasteiger partial charge in [0.05, 0.1) is 16.5 Å². The molecule has 5 nitrogen and oxygen atoms in total. The Balaban J connectivity index is 1.62. The summed E-state index contributed by atoms with van der Waals surface area (Å²) in [4.78, 5) is 12.5. The third-order valence-corrected chi connectivity index (χ3v) is 5.99. The van der Waals surface area contributed by atoms with Crippen LogP contribution in [0.1, 0.15) is 5.56 Å². The number of para-hydroxylation sites is 1. The predicted molar refractivity (Wildman–Crippen MR) is 127 cm³/mol. The van der Waals surface area contributed by atoms with Crippen molar-refractivity contribution in [1.82, 2.24) is 14.8 Å². The van der Waals surface area contributed by atoms with Crippen LogP contribution in [-0.2, 0) is 4.79 Å². The molecule has 8 heteroatoms. The number of carbonyl (C=O) groups excluding carboxylic acids is 1. The Morgan fingerprint density at radius 3 is 2.52 bits per heavy atom. The number of halogens is 2. The molecule has 0 atom stereocenters. The lowest BCUT2D eigenvalue weighted by molar-refractivity contribution is -0.113. The summed E-state index contributed by atoms with van der Waals surface area (Å²) in [5.74, 6) is 0.664. The minimum Gasteiger partial charge on any atom is -0.324 e. The highest BCUT2D eigenvalue weighted by atomic mass is 35.5. The van der Waals surface area contributed by atoms with Crippen LogP contribution in [0.2, 0.25) is 10.0 Å². The molecule has 4 aromatic rings. The summed E-state index contributed by atoms with van der Waals surface area (Å²) in [5, 5.41) is 13.3. The number of rotatable bonds is 6. The molecule has 0 radical (unpaired) electrons. The van der Waals surface area contributed by atoms with E-state index in [-0.39, 0.29) is 11.7 Å². The molecule has 156 valence electrons. The van der Waals surface area contributed by atoms with E-state index < -0.39 is 0 Å². The maximum Gasteiger partial charge on any atom is 0.234 e. The molecule has 1 amide bonds. The maximum absolute atomic E-state index is 12.5. The van der Waals surface area contributed by atoms with Crippen molar-refractivity contribution in [2.45, 2.75) is 12.1 Å². The van der Waals surface area contributed by atoms with Crippen molar-refractivity contribution in [3.63, 3.8) is 0 Å². The van der Waals surface area contributed by atoms with E-state index in [1.54, 1.807) is 12.1 Å². The van der Waals surface area contributed by atoms with E-state index in [1.165, 1.54) is 11.8 Å². The molecule has 1 N–H and O–H groups in total. The molecule has 0 bridgehead atoms. The lowest BCUT2D eigenvalue weighted by Crippen LogP contribution is -2.14. The molecule has 0 aliphatic rings. The second kappa shape index (κ2) is 9.56. The molecule has 0 aliphatic carbocycles. The number of thioether (sulfide) groups is 1. The molecule has 31 heavy (non-hydrogen) atoms. The van der Waals surface area contributed by atoms with Gasteiger partial charge in [0, 0.05) is 16.3 Å². The van der Waals surface area contributed by atoms with Gasteiger partial charge in [-0.2, -0.15) is 0 Å². The first-order valence-corrected chi connectivity index (χ1v) is 11.2. The lowest BCUT2D eigenvalue weighted by atomic mass is 10.2. The van der Waals surface area contributed by atoms with Crippen LogP contribution in [0.5, 0.6) is 0 Å². The topological polar surface area (TPSA) is 59.8 Å². The molecular formula is C23H18Cl2N4OS. The van der Waals surface area contributed by atoms with Crippen molar-refractivity contribution in [3.05, 3.63) is 88.4 Å². The summed E-state index contributed by atoms with van der Waals surface area (Å²) in [6.07, 6.45) is 0. The third-order valence-electron chi connectivity index (χ3n) is 4.48. The number of benzene rings is 3. The van der Waals surface area contributed by atoms with Crippen LogP contribution >= 0.6 is 35.0 Å². The Bertz CT molecular complexity index is 1220. The van der Waals surface area contributed by atoms with Gasteiger partial charge in [-0.3, -0.25) is 9.36 Å². The van der Waals surface area contributed by atoms with Crippen molar-refractivity contribution >= 4 is 46.6 Å². The normalized spacial score (nSPS) is 10.8. The fourth-order valence-electron chi connectivity index (χ4n) is 3.03. The number of nitrogens with zero attached hydrogens (tertiary/aromatic N) is 3. The smallest absolute Gasteiger partial charge is 0.234 e. The molecular weight excluding hydrogens is 451 g/mol. The molecule has 0 aliphatic heterocycles. The summed E-state index contributed by atoms with van der Waals surface area (Å²) in [6, 6.07) is 22.6. The molecule has 1 heterocycles. The van der Waals surface area contributed by atoms with E-state index in [4.69, 9.17) is 23.2 Å². The van der Waals surface area contributed by atoms with E-state index in [2.05, 4.69) is 21.6 Å². The largest absolute Gasteiger partial charge is 0.324 e. The van der Waals surface area contributed by atoms with E-state index in [1.807, 2.05) is 66.1 Å². The molecule has 0 saturated carbocycles. The summed E-state index contributed by atoms with van der Waals surface area (Å²) in [5.41, 5.74) is 3.49. The van der Waals surface area contributed by atoms with Gasteiger partial charge in [0.1, 0.15) is 0 Å². The molecule has 1 aromatic heterocycles. The van der Waals surface area contributed by atoms with E-state index >= 15 is 0 Å². The first-order valence-electron chi connectivity index (χ1n) is 9.47. The number of carbonyl (C=O) groups is 1. The molecule has 4 rings (SSSR count). The van der Waals surface area contributed by atoms with Crippen LogP contribution < -0.4 is 5.32 Å². The fourth-order valence-corrected chi connectivity index (χ4v) is 4.09. The van der Waals surface area contributed by atoms with Gasteiger partial charge in [-0.15, -0.1) is 10.2 Å². The van der Waals surface area contributed by atoms with Gasteiger partial charge in [0.2, 0.25) is 5.91 Å². The third kappa shape index (κ3) is 5.10. The first-order chi connectivity index (χ1) is 15.0. The Morgan fingerprint density at radius 2 is 1.77 bits per heavy atom. The molecule has 0 spiro atoms. The van der Waals surface area contributed by atoms with E-state index in [9.17, 15) is 4.79 Å². The second-order valence-corrected chi connectivity index (χ2v) is 8.59. The summed E-state index contributed by atoms with van der Waals surface area (Å²) < 4.78 is 1.95. The van der Waals surface area contributed by atoms with Gasteiger partial charge in [0.25, 0.3) is 0 Å². The maximum atomic E-state index is 12.5. The highest BCUT2D eigenvalue weighted by Gasteiger charge is 2.18. The number of hydrogen-bond acceptors (Lipinski definition) is 4. The summed E-state index contributed by atoms with van der Waals surface area (Å²) in [7, 11) is 0. The number of aromatic nitrogens is 3. The highest BCUT2D eigenvalue weighted by molar-refractivity contribution is 7.99. The van der Waals surface area contributed by atoms with Crippen molar-refractivity contribution in [1.29, 1.82) is 0 Å². The van der Waals surface area contributed by atoms with Crippen molar-refractivity contribution in [2.75, 3.05) is 11.1 Å². The predicted octanol–water partition coefficient (Wildman–Crippen LogP) is 6.28. The van der Waals surface area contributed by atoms with Crippen LogP contribution in [-0.4, -0.2) is 26.4 Å². The quantitative estimate of drug-likeness (QED) is 0.338. The first kappa shape index (κ1) is 21.4. The van der Waals surface area contributed by atoms with Crippen LogP contribution in [0.15, 0.2) is 78.0 Å². The van der Waals surface area contributed by atoms with Crippen molar-refractivity contribution < 1.29 is 4.79 Å². The SMILES string of the molecule is Cc1cccc(-n2c(SCC(=O)Nc3ccccc3Cl)nnc2-c2ccc(Cl)cc2)c1. The summed E-state index contributed by atoms with van der Waals surface area (Å²) >= 11 is 13.5. The van der Waals surface area contributed by atoms with Crippen molar-refractivity contribution in [3.8, 4) is 17.1 Å². The van der Waals surface area contributed by atoms with Gasteiger partial charge in [-0.1, -0.05) is 59.2 Å². The second-order valence-electron chi connectivity index (χ2n) is 6.80. The molecule has 0 unspecified atom stereocenters. The zero-order valence-corrected chi connectivity index (χ0v) is 18.9. The average molecular weight is 469 g/mol. The number of hydrogen-bond donors (Lipinski definition) is 1. The monoisotopic (exact) mass is 468 g/mol. The minimum atomic E-state index is -0.176. The number of amides is 1. The standard InChI is InChI=1S/C23H18Cl2N4OS/c1-15-5-4-6-18(13-15)29-22(16-9-11-17(24)12-10-16)27-28-23(29)31-14-21(30)26-20-8-3-2-7-19(20)25/h2-13H,14H2,1H3,(H,26,30). The van der Waals surface area contributed by atoms with Gasteiger partial charge in [-0.25, -0.2) is 0 Å². The van der Waals surface area contributed by atoms with Crippen LogP contribution in [0.3, 0.4) is 0 Å². The lowest BCUT2D eigenvalue weighted by Gasteiger charge is -2.11. The van der Waals surface area contributed by atoms with Gasteiger partial charge < -0.3 is 5.32 Å². The van der Waals surface area contributed by atoms with Crippen LogP contribution in [0, 0.1) is 6.92 Å². The number of aryl methyl sites for hydroxylation is 1. The Morgan fingerprint density at radius 1 is 1.00 bits per heavy atom. The Hall–Kier alpha value is -2.80. The van der Waals surface area contributed by atoms with Crippen LogP contribution in [0.4, 0.5) is 5.69 Å². The minimum absolute atomic E-state index is 0.162. The summed E-state index contributed by atoms with van der Waals surface area (Å²) in [6.45, 7) is 2.03. The molecule has 3 aromatic carbocycles. The van der Waals surface area contributed by atoms with E-state index in [0.717, 1.165) is 16.8 Å². The number of nitrogens with one attached hydrogen (secondary N) is 1. The average Bonchev–Trinajstić information content (AvgIpc) is 3.18. The Kier molecular flexibility index (Phi) is 6.61. The van der Waals surface area contributed by atoms with E-state index in [0.29, 0.717) is 26.7 Å². The number of anilines is 1. The van der Waals surface area contributed by atoms with Gasteiger partial charge in [-0.05, 0) is 61.0 Å². The molecule has 0 fully saturated rings. The van der Waals surface area contributed by atoms with Gasteiger partial charge >= 0.3 is 0 Å².